The SMILES string of the molecule is Cc1cc(C(=O)N2CCSC(C)(C)C2)cc(NN)n1. The zero-order valence-corrected chi connectivity index (χ0v) is 12.4. The molecule has 2 rings (SSSR count). The summed E-state index contributed by atoms with van der Waals surface area (Å²) in [4.78, 5) is 18.6. The second kappa shape index (κ2) is 5.38. The van der Waals surface area contributed by atoms with E-state index in [1.54, 1.807) is 12.1 Å². The van der Waals surface area contributed by atoms with Crippen LogP contribution in [0.25, 0.3) is 0 Å². The van der Waals surface area contributed by atoms with E-state index in [1.165, 1.54) is 0 Å². The van der Waals surface area contributed by atoms with E-state index in [4.69, 9.17) is 5.84 Å². The minimum absolute atomic E-state index is 0.0513. The van der Waals surface area contributed by atoms with E-state index in [0.717, 1.165) is 24.5 Å². The van der Waals surface area contributed by atoms with Gasteiger partial charge in [-0.05, 0) is 32.9 Å². The molecule has 0 atom stereocenters. The van der Waals surface area contributed by atoms with Gasteiger partial charge in [0.15, 0.2) is 0 Å². The molecule has 1 aromatic heterocycles. The van der Waals surface area contributed by atoms with Crippen molar-refractivity contribution < 1.29 is 4.79 Å². The summed E-state index contributed by atoms with van der Waals surface area (Å²) in [6, 6.07) is 3.50. The molecule has 19 heavy (non-hydrogen) atoms. The molecule has 2 heterocycles. The van der Waals surface area contributed by atoms with E-state index in [2.05, 4.69) is 24.3 Å². The molecule has 1 amide bonds. The molecule has 3 N–H and O–H groups in total. The van der Waals surface area contributed by atoms with Crippen molar-refractivity contribution >= 4 is 23.5 Å². The maximum absolute atomic E-state index is 12.5. The summed E-state index contributed by atoms with van der Waals surface area (Å²) in [5.74, 6) is 6.92. The van der Waals surface area contributed by atoms with Gasteiger partial charge >= 0.3 is 0 Å². The minimum atomic E-state index is 0.0513. The fourth-order valence-corrected chi connectivity index (χ4v) is 3.35. The summed E-state index contributed by atoms with van der Waals surface area (Å²) in [5.41, 5.74) is 3.92. The van der Waals surface area contributed by atoms with Crippen molar-refractivity contribution in [2.45, 2.75) is 25.5 Å². The standard InChI is InChI=1S/C13H20N4OS/c1-9-6-10(7-11(15-9)16-14)12(18)17-4-5-19-13(2,3)8-17/h6-7H,4-5,8,14H2,1-3H3,(H,15,16). The molecule has 0 spiro atoms. The zero-order chi connectivity index (χ0) is 14.0. The predicted octanol–water partition coefficient (Wildman–Crippen LogP) is 1.64. The number of anilines is 1. The van der Waals surface area contributed by atoms with Crippen molar-refractivity contribution in [3.8, 4) is 0 Å². The number of hydrogen-bond donors (Lipinski definition) is 2. The van der Waals surface area contributed by atoms with Gasteiger partial charge in [0.1, 0.15) is 5.82 Å². The number of nitrogens with zero attached hydrogens (tertiary/aromatic N) is 2. The highest BCUT2D eigenvalue weighted by Crippen LogP contribution is 2.30. The second-order valence-electron chi connectivity index (χ2n) is 5.36. The first-order valence-corrected chi connectivity index (χ1v) is 7.28. The van der Waals surface area contributed by atoms with E-state index < -0.39 is 0 Å². The van der Waals surface area contributed by atoms with Gasteiger partial charge < -0.3 is 10.3 Å². The Morgan fingerprint density at radius 3 is 2.89 bits per heavy atom. The summed E-state index contributed by atoms with van der Waals surface area (Å²) < 4.78 is 0.116. The maximum atomic E-state index is 12.5. The smallest absolute Gasteiger partial charge is 0.254 e. The number of carbonyl (C=O) groups is 1. The molecule has 1 aliphatic rings. The van der Waals surface area contributed by atoms with Crippen LogP contribution in [0.15, 0.2) is 12.1 Å². The topological polar surface area (TPSA) is 71.2 Å². The molecule has 0 unspecified atom stereocenters. The van der Waals surface area contributed by atoms with Gasteiger partial charge in [-0.2, -0.15) is 11.8 Å². The van der Waals surface area contributed by atoms with Crippen LogP contribution in [0.2, 0.25) is 0 Å². The highest BCUT2D eigenvalue weighted by atomic mass is 32.2. The Morgan fingerprint density at radius 2 is 2.26 bits per heavy atom. The van der Waals surface area contributed by atoms with Crippen molar-refractivity contribution in [3.05, 3.63) is 23.4 Å². The predicted molar refractivity (Wildman–Crippen MR) is 79.2 cm³/mol. The molecular formula is C13H20N4OS. The first-order chi connectivity index (χ1) is 8.91. The Bertz CT molecular complexity index is 490. The van der Waals surface area contributed by atoms with Gasteiger partial charge in [0.25, 0.3) is 5.91 Å². The van der Waals surface area contributed by atoms with E-state index in [-0.39, 0.29) is 10.7 Å². The minimum Gasteiger partial charge on any atom is -0.336 e. The third kappa shape index (κ3) is 3.39. The third-order valence-electron chi connectivity index (χ3n) is 3.06. The summed E-state index contributed by atoms with van der Waals surface area (Å²) in [6.45, 7) is 7.75. The van der Waals surface area contributed by atoms with E-state index in [9.17, 15) is 4.79 Å². The first-order valence-electron chi connectivity index (χ1n) is 6.30. The summed E-state index contributed by atoms with van der Waals surface area (Å²) in [6.07, 6.45) is 0. The lowest BCUT2D eigenvalue weighted by atomic mass is 10.1. The highest BCUT2D eigenvalue weighted by molar-refractivity contribution is 8.00. The van der Waals surface area contributed by atoms with Crippen molar-refractivity contribution in [2.75, 3.05) is 24.3 Å². The van der Waals surface area contributed by atoms with Crippen LogP contribution in [0.5, 0.6) is 0 Å². The molecule has 104 valence electrons. The number of aryl methyl sites for hydroxylation is 1. The molecule has 0 aliphatic carbocycles. The van der Waals surface area contributed by atoms with Crippen LogP contribution in [0.4, 0.5) is 5.82 Å². The number of carbonyl (C=O) groups excluding carboxylic acids is 1. The molecule has 0 radical (unpaired) electrons. The Kier molecular flexibility index (Phi) is 4.01. The van der Waals surface area contributed by atoms with Crippen LogP contribution < -0.4 is 11.3 Å². The molecule has 1 aliphatic heterocycles. The van der Waals surface area contributed by atoms with Gasteiger partial charge in [0, 0.05) is 34.8 Å². The van der Waals surface area contributed by atoms with Gasteiger partial charge in [0.05, 0.1) is 0 Å². The van der Waals surface area contributed by atoms with Crippen LogP contribution in [0, 0.1) is 6.92 Å². The number of hydrazine groups is 1. The van der Waals surface area contributed by atoms with E-state index >= 15 is 0 Å². The number of hydrogen-bond acceptors (Lipinski definition) is 5. The largest absolute Gasteiger partial charge is 0.336 e. The van der Waals surface area contributed by atoms with E-state index in [1.807, 2.05) is 23.6 Å². The summed E-state index contributed by atoms with van der Waals surface area (Å²) >= 11 is 1.91. The number of pyridine rings is 1. The van der Waals surface area contributed by atoms with Crippen LogP contribution >= 0.6 is 11.8 Å². The average Bonchev–Trinajstić information content (AvgIpc) is 2.35. The Balaban J connectivity index is 2.21. The number of thioether (sulfide) groups is 1. The van der Waals surface area contributed by atoms with Gasteiger partial charge in [-0.3, -0.25) is 4.79 Å². The lowest BCUT2D eigenvalue weighted by Crippen LogP contribution is -2.46. The molecule has 1 fully saturated rings. The molecule has 1 saturated heterocycles. The number of rotatable bonds is 2. The number of aromatic nitrogens is 1. The molecular weight excluding hydrogens is 260 g/mol. The fraction of sp³-hybridized carbons (Fsp3) is 0.538. The number of nitrogens with two attached hydrogens (primary N) is 1. The van der Waals surface area contributed by atoms with Crippen molar-refractivity contribution in [1.82, 2.24) is 9.88 Å². The third-order valence-corrected chi connectivity index (χ3v) is 4.36. The molecule has 0 bridgehead atoms. The van der Waals surface area contributed by atoms with Crippen LogP contribution in [-0.4, -0.2) is 39.4 Å². The lowest BCUT2D eigenvalue weighted by molar-refractivity contribution is 0.0748. The first kappa shape index (κ1) is 14.1. The molecule has 1 aromatic rings. The normalized spacial score (nSPS) is 18.2. The quantitative estimate of drug-likeness (QED) is 0.636. The van der Waals surface area contributed by atoms with Crippen LogP contribution in [-0.2, 0) is 0 Å². The van der Waals surface area contributed by atoms with Crippen molar-refractivity contribution in [2.24, 2.45) is 5.84 Å². The zero-order valence-electron chi connectivity index (χ0n) is 11.6. The molecule has 5 nitrogen and oxygen atoms in total. The Hall–Kier alpha value is -1.27. The molecule has 0 saturated carbocycles. The van der Waals surface area contributed by atoms with Crippen molar-refractivity contribution in [3.63, 3.8) is 0 Å². The summed E-state index contributed by atoms with van der Waals surface area (Å²) in [7, 11) is 0. The van der Waals surface area contributed by atoms with E-state index in [0.29, 0.717) is 11.4 Å². The Morgan fingerprint density at radius 1 is 1.53 bits per heavy atom. The molecule has 6 heteroatoms. The number of nitrogen functional groups attached to an aromatic ring is 1. The maximum Gasteiger partial charge on any atom is 0.254 e. The van der Waals surface area contributed by atoms with Gasteiger partial charge in [0.2, 0.25) is 0 Å². The average molecular weight is 280 g/mol. The van der Waals surface area contributed by atoms with Gasteiger partial charge in [-0.1, -0.05) is 0 Å². The van der Waals surface area contributed by atoms with Crippen LogP contribution in [0.1, 0.15) is 29.9 Å². The number of nitrogens with one attached hydrogen (secondary N) is 1. The fourth-order valence-electron chi connectivity index (χ4n) is 2.24. The summed E-state index contributed by atoms with van der Waals surface area (Å²) in [5, 5.41) is 0. The van der Waals surface area contributed by atoms with Gasteiger partial charge in [-0.25, -0.2) is 10.8 Å². The van der Waals surface area contributed by atoms with Gasteiger partial charge in [-0.15, -0.1) is 0 Å². The monoisotopic (exact) mass is 280 g/mol. The Labute approximate surface area is 117 Å². The lowest BCUT2D eigenvalue weighted by Gasteiger charge is -2.37. The second-order valence-corrected chi connectivity index (χ2v) is 7.16. The van der Waals surface area contributed by atoms with Crippen LogP contribution in [0.3, 0.4) is 0 Å². The highest BCUT2D eigenvalue weighted by Gasteiger charge is 2.30. The molecule has 0 aromatic carbocycles. The number of amides is 1. The van der Waals surface area contributed by atoms with Crippen molar-refractivity contribution in [1.29, 1.82) is 0 Å².